The largest absolute Gasteiger partial charge is 0.507 e. The zero-order chi connectivity index (χ0) is 35.0. The third-order valence-electron chi connectivity index (χ3n) is 10.1. The molecule has 1 aromatic heterocycles. The fourth-order valence-corrected chi connectivity index (χ4v) is 7.52. The number of hydrogen-bond donors (Lipinski definition) is 1. The molecule has 1 aliphatic heterocycles. The van der Waals surface area contributed by atoms with Crippen molar-refractivity contribution in [2.75, 3.05) is 7.05 Å². The van der Waals surface area contributed by atoms with E-state index in [2.05, 4.69) is 194 Å². The molecule has 0 bridgehead atoms. The van der Waals surface area contributed by atoms with Gasteiger partial charge in [0.05, 0.1) is 5.41 Å². The molecule has 1 aliphatic rings. The molecule has 6 aromatic carbocycles. The van der Waals surface area contributed by atoms with E-state index in [-0.39, 0.29) is 11.2 Å². The molecule has 2 heterocycles. The average Bonchev–Trinajstić information content (AvgIpc) is 3.38. The van der Waals surface area contributed by atoms with Crippen molar-refractivity contribution in [2.24, 2.45) is 0 Å². The molecule has 0 aliphatic carbocycles. The van der Waals surface area contributed by atoms with Crippen molar-refractivity contribution in [3.05, 3.63) is 187 Å². The van der Waals surface area contributed by atoms with Crippen molar-refractivity contribution in [3.8, 4) is 56.2 Å². The van der Waals surface area contributed by atoms with Crippen molar-refractivity contribution >= 4 is 17.5 Å². The van der Waals surface area contributed by atoms with E-state index in [9.17, 15) is 5.11 Å². The van der Waals surface area contributed by atoms with Gasteiger partial charge in [0, 0.05) is 64.2 Å². The molecule has 8 rings (SSSR count). The van der Waals surface area contributed by atoms with E-state index in [0.717, 1.165) is 56.0 Å². The number of benzene rings is 6. The monoisotopic (exact) mass is 660 g/mol. The first-order valence-electron chi connectivity index (χ1n) is 17.5. The fourth-order valence-electron chi connectivity index (χ4n) is 7.52. The molecule has 51 heavy (non-hydrogen) atoms. The Labute approximate surface area is 300 Å². The number of phenolic OH excluding ortho intramolecular Hbond substituents is 1. The summed E-state index contributed by atoms with van der Waals surface area (Å²) in [4.78, 5) is 0. The van der Waals surface area contributed by atoms with Crippen LogP contribution in [0.2, 0.25) is 0 Å². The number of aromatic hydroxyl groups is 1. The highest BCUT2D eigenvalue weighted by atomic mass is 16.3. The standard InChI is InChI=1S/C48H39N2O/c1-48(2)42-26-16-17-27-43(42)49(3)46(48)29-28-38-30-40(33-41(47(38)51)35-20-10-5-11-21-35)50-44(36-22-12-6-13-23-36)31-39(34-18-8-4-9-19-34)32-45(50)37-24-14-7-15-25-37/h4-33H,1-3H3/q+1/p+1. The number of allylic oxidation sites excluding steroid dienone is 1. The lowest BCUT2D eigenvalue weighted by Gasteiger charge is -2.16. The van der Waals surface area contributed by atoms with Gasteiger partial charge in [-0.3, -0.25) is 0 Å². The van der Waals surface area contributed by atoms with Crippen LogP contribution in [0.4, 0.5) is 5.69 Å². The maximum atomic E-state index is 12.0. The molecule has 0 saturated heterocycles. The lowest BCUT2D eigenvalue weighted by Crippen LogP contribution is -2.36. The molecule has 0 unspecified atom stereocenters. The Hall–Kier alpha value is -6.32. The van der Waals surface area contributed by atoms with Crippen LogP contribution in [0.5, 0.6) is 5.75 Å². The summed E-state index contributed by atoms with van der Waals surface area (Å²) in [5, 5.41) is 12.0. The number of para-hydroxylation sites is 1. The lowest BCUT2D eigenvalue weighted by molar-refractivity contribution is -0.572. The van der Waals surface area contributed by atoms with Crippen LogP contribution in [0.15, 0.2) is 176 Å². The quantitative estimate of drug-likeness (QED) is 0.169. The molecule has 0 radical (unpaired) electrons. The first-order valence-corrected chi connectivity index (χ1v) is 17.5. The van der Waals surface area contributed by atoms with Crippen LogP contribution < -0.4 is 4.57 Å². The van der Waals surface area contributed by atoms with E-state index in [0.29, 0.717) is 0 Å². The summed E-state index contributed by atoms with van der Waals surface area (Å²) in [7, 11) is 2.13. The summed E-state index contributed by atoms with van der Waals surface area (Å²) >= 11 is 0. The molecular weight excluding hydrogens is 621 g/mol. The molecule has 7 aromatic rings. The maximum absolute atomic E-state index is 12.0. The van der Waals surface area contributed by atoms with Gasteiger partial charge in [-0.25, -0.2) is 0 Å². The number of hydrogen-bond acceptors (Lipinski definition) is 1. The van der Waals surface area contributed by atoms with E-state index in [1.54, 1.807) is 0 Å². The first kappa shape index (κ1) is 31.9. The Kier molecular flexibility index (Phi) is 8.25. The summed E-state index contributed by atoms with van der Waals surface area (Å²) < 4.78 is 4.61. The summed E-state index contributed by atoms with van der Waals surface area (Å²) in [6.45, 7) is 4.53. The second kappa shape index (κ2) is 13.2. The zero-order valence-corrected chi connectivity index (χ0v) is 29.2. The highest BCUT2D eigenvalue weighted by molar-refractivity contribution is 6.05. The van der Waals surface area contributed by atoms with Crippen LogP contribution >= 0.6 is 0 Å². The number of aromatic nitrogens is 1. The topological polar surface area (TPSA) is 27.1 Å². The minimum absolute atomic E-state index is 0.194. The molecule has 3 nitrogen and oxygen atoms in total. The van der Waals surface area contributed by atoms with Gasteiger partial charge in [0.2, 0.25) is 22.8 Å². The third-order valence-corrected chi connectivity index (χ3v) is 10.1. The Morgan fingerprint density at radius 3 is 1.55 bits per heavy atom. The molecule has 0 saturated carbocycles. The minimum atomic E-state index is -0.194. The molecule has 3 heteroatoms. The normalized spacial score (nSPS) is 13.5. The van der Waals surface area contributed by atoms with Crippen LogP contribution in [-0.4, -0.2) is 22.4 Å². The molecule has 246 valence electrons. The van der Waals surface area contributed by atoms with Crippen LogP contribution in [0.3, 0.4) is 0 Å². The molecular formula is C48H40N2O+2. The number of phenols is 1. The smallest absolute Gasteiger partial charge is 0.219 e. The van der Waals surface area contributed by atoms with Gasteiger partial charge < -0.3 is 5.11 Å². The van der Waals surface area contributed by atoms with E-state index in [1.807, 2.05) is 18.2 Å². The Balaban J connectivity index is 1.41. The lowest BCUT2D eigenvalue weighted by atomic mass is 9.81. The van der Waals surface area contributed by atoms with E-state index in [4.69, 9.17) is 0 Å². The van der Waals surface area contributed by atoms with Crippen molar-refractivity contribution in [1.82, 2.24) is 0 Å². The highest BCUT2D eigenvalue weighted by Crippen LogP contribution is 2.41. The van der Waals surface area contributed by atoms with Gasteiger partial charge in [0.15, 0.2) is 5.71 Å². The molecule has 0 spiro atoms. The predicted molar refractivity (Wildman–Crippen MR) is 211 cm³/mol. The van der Waals surface area contributed by atoms with Gasteiger partial charge in [-0.15, -0.1) is 0 Å². The number of nitrogens with zero attached hydrogens (tertiary/aromatic N) is 2. The average molecular weight is 661 g/mol. The van der Waals surface area contributed by atoms with E-state index >= 15 is 0 Å². The van der Waals surface area contributed by atoms with Crippen molar-refractivity contribution in [1.29, 1.82) is 0 Å². The summed E-state index contributed by atoms with van der Waals surface area (Å²) in [5.41, 5.74) is 13.5. The van der Waals surface area contributed by atoms with Gasteiger partial charge in [0.1, 0.15) is 12.8 Å². The second-order valence-corrected chi connectivity index (χ2v) is 13.7. The van der Waals surface area contributed by atoms with Gasteiger partial charge in [0.25, 0.3) is 0 Å². The van der Waals surface area contributed by atoms with Crippen molar-refractivity contribution in [2.45, 2.75) is 19.3 Å². The number of fused-ring (bicyclic) bond motifs is 1. The minimum Gasteiger partial charge on any atom is -0.507 e. The Bertz CT molecular complexity index is 2370. The first-order chi connectivity index (χ1) is 24.9. The van der Waals surface area contributed by atoms with Crippen molar-refractivity contribution in [3.63, 3.8) is 0 Å². The summed E-state index contributed by atoms with van der Waals surface area (Å²) in [5.74, 6) is 0.252. The zero-order valence-electron chi connectivity index (χ0n) is 29.2. The van der Waals surface area contributed by atoms with E-state index < -0.39 is 0 Å². The van der Waals surface area contributed by atoms with Crippen molar-refractivity contribution < 1.29 is 14.2 Å². The van der Waals surface area contributed by atoms with Crippen LogP contribution in [0, 0.1) is 0 Å². The van der Waals surface area contributed by atoms with Crippen LogP contribution in [0.25, 0.3) is 56.5 Å². The number of rotatable bonds is 7. The second-order valence-electron chi connectivity index (χ2n) is 13.7. The van der Waals surface area contributed by atoms with E-state index in [1.165, 1.54) is 17.0 Å². The Morgan fingerprint density at radius 1 is 0.510 bits per heavy atom. The SMILES string of the molecule is C[N+]1=C(/C=C\c2cc(-[n+]3c(-c4ccccc4)cc(-c4ccccc4)cc3-c3ccccc3)cc(-c3ccccc3)c2O)C(C)(C)c2ccccc21. The summed E-state index contributed by atoms with van der Waals surface area (Å²) in [6.07, 6.45) is 4.25. The van der Waals surface area contributed by atoms with Crippen LogP contribution in [-0.2, 0) is 5.41 Å². The summed E-state index contributed by atoms with van der Waals surface area (Å²) in [6, 6.07) is 59.3. The van der Waals surface area contributed by atoms with Gasteiger partial charge >= 0.3 is 0 Å². The molecule has 0 amide bonds. The Morgan fingerprint density at radius 2 is 1.00 bits per heavy atom. The maximum Gasteiger partial charge on any atom is 0.219 e. The van der Waals surface area contributed by atoms with Gasteiger partial charge in [-0.1, -0.05) is 115 Å². The highest BCUT2D eigenvalue weighted by Gasteiger charge is 2.42. The third kappa shape index (κ3) is 5.87. The molecule has 0 atom stereocenters. The van der Waals surface area contributed by atoms with Gasteiger partial charge in [-0.05, 0) is 60.9 Å². The molecule has 0 fully saturated rings. The van der Waals surface area contributed by atoms with Gasteiger partial charge in [-0.2, -0.15) is 9.14 Å². The fraction of sp³-hybridized carbons (Fsp3) is 0.0833. The molecule has 1 N–H and O–H groups in total. The van der Waals surface area contributed by atoms with Crippen LogP contribution in [0.1, 0.15) is 25.0 Å². The predicted octanol–water partition coefficient (Wildman–Crippen LogP) is 11.1. The number of pyridine rings is 1.